The molecule has 3 heteroatoms. The molecule has 110 valence electrons. The molecule has 2 atom stereocenters. The Labute approximate surface area is 126 Å². The topological polar surface area (TPSA) is 29.5 Å². The lowest BCUT2D eigenvalue weighted by molar-refractivity contribution is 0.104. The summed E-state index contributed by atoms with van der Waals surface area (Å²) in [7, 11) is 1.66. The second kappa shape index (κ2) is 8.18. The highest BCUT2D eigenvalue weighted by Gasteiger charge is 2.25. The minimum atomic E-state index is -0.881. The van der Waals surface area contributed by atoms with Gasteiger partial charge >= 0.3 is 0 Å². The average molecular weight is 292 g/mol. The number of hydrogen-bond acceptors (Lipinski definition) is 3. The van der Waals surface area contributed by atoms with E-state index < -0.39 is 5.60 Å². The molecule has 1 aromatic carbocycles. The third kappa shape index (κ3) is 5.43. The maximum absolute atomic E-state index is 10.3. The molecule has 0 aliphatic rings. The minimum Gasteiger partial charge on any atom is -0.504 e. The molecule has 0 fully saturated rings. The molecule has 0 saturated heterocycles. The molecule has 0 radical (unpaired) electrons. The lowest BCUT2D eigenvalue weighted by Crippen LogP contribution is -2.27. The van der Waals surface area contributed by atoms with Crippen LogP contribution >= 0.6 is 11.8 Å². The van der Waals surface area contributed by atoms with Crippen LogP contribution in [0, 0.1) is 0 Å². The Morgan fingerprint density at radius 1 is 1.45 bits per heavy atom. The van der Waals surface area contributed by atoms with Gasteiger partial charge in [-0.15, -0.1) is 18.3 Å². The SMILES string of the molecule is C=CC(C)(O)CC(Sc1ccccc1)/C(=C/OC)CC. The van der Waals surface area contributed by atoms with Gasteiger partial charge in [-0.1, -0.05) is 31.2 Å². The Bertz CT molecular complexity index is 438. The first-order valence-corrected chi connectivity index (χ1v) is 7.69. The number of rotatable bonds is 8. The van der Waals surface area contributed by atoms with E-state index in [2.05, 4.69) is 25.6 Å². The molecule has 0 aliphatic carbocycles. The molecule has 0 spiro atoms. The summed E-state index contributed by atoms with van der Waals surface area (Å²) < 4.78 is 5.18. The third-order valence-corrected chi connectivity index (χ3v) is 4.45. The van der Waals surface area contributed by atoms with Crippen LogP contribution in [0.2, 0.25) is 0 Å². The number of methoxy groups -OCH3 is 1. The van der Waals surface area contributed by atoms with Gasteiger partial charge in [0.2, 0.25) is 0 Å². The highest BCUT2D eigenvalue weighted by atomic mass is 32.2. The maximum atomic E-state index is 10.3. The molecule has 1 rings (SSSR count). The molecule has 2 nitrogen and oxygen atoms in total. The van der Waals surface area contributed by atoms with Crippen molar-refractivity contribution in [3.05, 3.63) is 54.8 Å². The maximum Gasteiger partial charge on any atom is 0.0827 e. The monoisotopic (exact) mass is 292 g/mol. The van der Waals surface area contributed by atoms with Crippen LogP contribution < -0.4 is 0 Å². The fourth-order valence-electron chi connectivity index (χ4n) is 1.91. The third-order valence-electron chi connectivity index (χ3n) is 3.15. The molecular formula is C17H24O2S. The fraction of sp³-hybridized carbons (Fsp3) is 0.412. The molecule has 1 aromatic rings. The summed E-state index contributed by atoms with van der Waals surface area (Å²) in [5.41, 5.74) is 0.303. The fourth-order valence-corrected chi connectivity index (χ4v) is 3.35. The van der Waals surface area contributed by atoms with E-state index >= 15 is 0 Å². The summed E-state index contributed by atoms with van der Waals surface area (Å²) in [4.78, 5) is 1.19. The van der Waals surface area contributed by atoms with Crippen LogP contribution in [0.15, 0.2) is 59.7 Å². The van der Waals surface area contributed by atoms with E-state index in [1.54, 1.807) is 38.1 Å². The van der Waals surface area contributed by atoms with E-state index in [-0.39, 0.29) is 5.25 Å². The zero-order chi connectivity index (χ0) is 15.0. The summed E-state index contributed by atoms with van der Waals surface area (Å²) in [5.74, 6) is 0. The van der Waals surface area contributed by atoms with Gasteiger partial charge in [0.05, 0.1) is 19.0 Å². The Morgan fingerprint density at radius 3 is 2.60 bits per heavy atom. The van der Waals surface area contributed by atoms with Crippen molar-refractivity contribution < 1.29 is 9.84 Å². The van der Waals surface area contributed by atoms with Crippen molar-refractivity contribution >= 4 is 11.8 Å². The molecule has 0 aromatic heterocycles. The van der Waals surface area contributed by atoms with Crippen molar-refractivity contribution in [2.45, 2.75) is 42.4 Å². The summed E-state index contributed by atoms with van der Waals surface area (Å²) in [6.07, 6.45) is 4.90. The van der Waals surface area contributed by atoms with Gasteiger partial charge in [0, 0.05) is 10.1 Å². The van der Waals surface area contributed by atoms with Gasteiger partial charge in [-0.05, 0) is 37.5 Å². The van der Waals surface area contributed by atoms with E-state index in [0.717, 1.165) is 6.42 Å². The lowest BCUT2D eigenvalue weighted by Gasteiger charge is -2.27. The van der Waals surface area contributed by atoms with Crippen molar-refractivity contribution in [2.24, 2.45) is 0 Å². The predicted molar refractivity (Wildman–Crippen MR) is 86.9 cm³/mol. The standard InChI is InChI=1S/C17H24O2S/c1-5-14(13-19-4)16(12-17(3,18)6-2)20-15-10-8-7-9-11-15/h6-11,13,16,18H,2,5,12H2,1,3-4H3/b14-13+. The normalized spacial score (nSPS) is 16.3. The van der Waals surface area contributed by atoms with Gasteiger partial charge in [0.1, 0.15) is 0 Å². The van der Waals surface area contributed by atoms with Crippen LogP contribution in [0.1, 0.15) is 26.7 Å². The van der Waals surface area contributed by atoms with E-state index in [9.17, 15) is 5.11 Å². The quantitative estimate of drug-likeness (QED) is 0.437. The average Bonchev–Trinajstić information content (AvgIpc) is 2.45. The molecular weight excluding hydrogens is 268 g/mol. The molecule has 0 aliphatic heterocycles. The van der Waals surface area contributed by atoms with Crippen LogP contribution in [-0.2, 0) is 4.74 Å². The smallest absolute Gasteiger partial charge is 0.0827 e. The van der Waals surface area contributed by atoms with E-state index in [0.29, 0.717) is 6.42 Å². The molecule has 1 N–H and O–H groups in total. The van der Waals surface area contributed by atoms with Crippen LogP contribution in [0.5, 0.6) is 0 Å². The van der Waals surface area contributed by atoms with Crippen molar-refractivity contribution in [3.63, 3.8) is 0 Å². The zero-order valence-electron chi connectivity index (χ0n) is 12.5. The van der Waals surface area contributed by atoms with Crippen molar-refractivity contribution in [3.8, 4) is 0 Å². The van der Waals surface area contributed by atoms with Crippen LogP contribution in [0.4, 0.5) is 0 Å². The Kier molecular flexibility index (Phi) is 6.89. The largest absolute Gasteiger partial charge is 0.504 e. The molecule has 20 heavy (non-hydrogen) atoms. The number of aliphatic hydroxyl groups is 1. The summed E-state index contributed by atoms with van der Waals surface area (Å²) in [5, 5.41) is 10.4. The summed E-state index contributed by atoms with van der Waals surface area (Å²) in [6, 6.07) is 10.2. The van der Waals surface area contributed by atoms with E-state index in [4.69, 9.17) is 4.74 Å². The molecule has 2 unspecified atom stereocenters. The molecule has 0 bridgehead atoms. The van der Waals surface area contributed by atoms with Crippen molar-refractivity contribution in [2.75, 3.05) is 7.11 Å². The first kappa shape index (κ1) is 16.9. The van der Waals surface area contributed by atoms with E-state index in [1.165, 1.54) is 10.5 Å². The second-order valence-corrected chi connectivity index (χ2v) is 6.24. The van der Waals surface area contributed by atoms with Gasteiger partial charge in [0.15, 0.2) is 0 Å². The van der Waals surface area contributed by atoms with Crippen molar-refractivity contribution in [1.29, 1.82) is 0 Å². The second-order valence-electron chi connectivity index (χ2n) is 4.97. The van der Waals surface area contributed by atoms with Crippen LogP contribution in [0.3, 0.4) is 0 Å². The Balaban J connectivity index is 2.94. The summed E-state index contributed by atoms with van der Waals surface area (Å²) >= 11 is 1.75. The van der Waals surface area contributed by atoms with Gasteiger partial charge in [0.25, 0.3) is 0 Å². The number of hydrogen-bond donors (Lipinski definition) is 1. The first-order chi connectivity index (χ1) is 9.52. The van der Waals surface area contributed by atoms with Gasteiger partial charge in [-0.25, -0.2) is 0 Å². The highest BCUT2D eigenvalue weighted by Crippen LogP contribution is 2.35. The first-order valence-electron chi connectivity index (χ1n) is 6.81. The van der Waals surface area contributed by atoms with Crippen molar-refractivity contribution in [1.82, 2.24) is 0 Å². The van der Waals surface area contributed by atoms with Crippen LogP contribution in [0.25, 0.3) is 0 Å². The predicted octanol–water partition coefficient (Wildman–Crippen LogP) is 4.41. The number of thioether (sulfide) groups is 1. The molecule has 0 amide bonds. The molecule has 0 saturated carbocycles. The minimum absolute atomic E-state index is 0.162. The Hall–Kier alpha value is -1.19. The zero-order valence-corrected chi connectivity index (χ0v) is 13.3. The summed E-state index contributed by atoms with van der Waals surface area (Å²) in [6.45, 7) is 7.61. The van der Waals surface area contributed by atoms with Gasteiger partial charge in [-0.2, -0.15) is 0 Å². The number of ether oxygens (including phenoxy) is 1. The number of benzene rings is 1. The highest BCUT2D eigenvalue weighted by molar-refractivity contribution is 8.00. The van der Waals surface area contributed by atoms with Gasteiger partial charge in [-0.3, -0.25) is 0 Å². The lowest BCUT2D eigenvalue weighted by atomic mass is 9.96. The van der Waals surface area contributed by atoms with Gasteiger partial charge < -0.3 is 9.84 Å². The van der Waals surface area contributed by atoms with E-state index in [1.807, 2.05) is 18.2 Å². The molecule has 0 heterocycles. The van der Waals surface area contributed by atoms with Crippen LogP contribution in [-0.4, -0.2) is 23.1 Å². The Morgan fingerprint density at radius 2 is 2.10 bits per heavy atom.